The number of amides is 1. The molecule has 5 rings (SSSR count). The minimum atomic E-state index is 0. The molecule has 164 valence electrons. The van der Waals surface area contributed by atoms with Gasteiger partial charge in [-0.2, -0.15) is 0 Å². The number of hydrogen-bond donors (Lipinski definition) is 1. The van der Waals surface area contributed by atoms with E-state index in [1.165, 1.54) is 24.6 Å². The van der Waals surface area contributed by atoms with Gasteiger partial charge in [-0.05, 0) is 55.7 Å². The van der Waals surface area contributed by atoms with Gasteiger partial charge in [-0.3, -0.25) is 4.79 Å². The summed E-state index contributed by atoms with van der Waals surface area (Å²) < 4.78 is 0. The number of fused-ring (bicyclic) bond motifs is 3. The lowest BCUT2D eigenvalue weighted by Gasteiger charge is -2.45. The van der Waals surface area contributed by atoms with Gasteiger partial charge in [0.2, 0.25) is 5.91 Å². The highest BCUT2D eigenvalue weighted by Crippen LogP contribution is 2.42. The van der Waals surface area contributed by atoms with Gasteiger partial charge in [0.05, 0.1) is 5.52 Å². The highest BCUT2D eigenvalue weighted by Gasteiger charge is 2.41. The largest absolute Gasteiger partial charge is 0.353 e. The molecule has 0 radical (unpaired) electrons. The Kier molecular flexibility index (Phi) is 7.48. The molecule has 2 unspecified atom stereocenters. The number of pyridine rings is 1. The van der Waals surface area contributed by atoms with Crippen molar-refractivity contribution >= 4 is 47.4 Å². The van der Waals surface area contributed by atoms with E-state index >= 15 is 0 Å². The maximum absolute atomic E-state index is 13.2. The van der Waals surface area contributed by atoms with Crippen LogP contribution in [0.15, 0.2) is 36.4 Å². The van der Waals surface area contributed by atoms with E-state index < -0.39 is 0 Å². The molecule has 2 aliphatic carbocycles. The molecule has 1 aromatic heterocycles. The van der Waals surface area contributed by atoms with Gasteiger partial charge in [0.15, 0.2) is 0 Å². The predicted molar refractivity (Wildman–Crippen MR) is 127 cm³/mol. The number of carbonyl (C=O) groups excluding carboxylic acids is 1. The molecule has 2 aromatic rings. The predicted octanol–water partition coefficient (Wildman–Crippen LogP) is 3.88. The second-order valence-corrected chi connectivity index (χ2v) is 8.87. The SMILES string of the molecule is Cl.Cl.NC1C2CCCC1CC(C(=O)N1CCN(c3ccc4ccccc4n3)CC1)C2. The number of anilines is 1. The monoisotopic (exact) mass is 450 g/mol. The fourth-order valence-corrected chi connectivity index (χ4v) is 5.64. The lowest BCUT2D eigenvalue weighted by Crippen LogP contribution is -2.53. The van der Waals surface area contributed by atoms with E-state index in [-0.39, 0.29) is 30.7 Å². The van der Waals surface area contributed by atoms with Crippen molar-refractivity contribution in [2.45, 2.75) is 38.1 Å². The molecule has 2 saturated carbocycles. The number of rotatable bonds is 2. The Hall–Kier alpha value is -1.56. The molecule has 1 saturated heterocycles. The van der Waals surface area contributed by atoms with Crippen molar-refractivity contribution in [3.63, 3.8) is 0 Å². The van der Waals surface area contributed by atoms with Gasteiger partial charge in [0, 0.05) is 43.5 Å². The molecular weight excluding hydrogens is 419 g/mol. The van der Waals surface area contributed by atoms with Crippen LogP contribution >= 0.6 is 24.8 Å². The third-order valence-electron chi connectivity index (χ3n) is 7.26. The van der Waals surface area contributed by atoms with Gasteiger partial charge in [0.25, 0.3) is 0 Å². The van der Waals surface area contributed by atoms with Crippen LogP contribution < -0.4 is 10.6 Å². The molecule has 2 N–H and O–H groups in total. The van der Waals surface area contributed by atoms with E-state index in [2.05, 4.69) is 34.1 Å². The van der Waals surface area contributed by atoms with Crippen molar-refractivity contribution in [2.24, 2.45) is 23.5 Å². The van der Waals surface area contributed by atoms with Crippen LogP contribution in [0.1, 0.15) is 32.1 Å². The summed E-state index contributed by atoms with van der Waals surface area (Å²) >= 11 is 0. The quantitative estimate of drug-likeness (QED) is 0.753. The van der Waals surface area contributed by atoms with Crippen molar-refractivity contribution in [1.29, 1.82) is 0 Å². The fraction of sp³-hybridized carbons (Fsp3) is 0.565. The van der Waals surface area contributed by atoms with Crippen LogP contribution in [0.5, 0.6) is 0 Å². The molecule has 2 atom stereocenters. The third kappa shape index (κ3) is 4.39. The summed E-state index contributed by atoms with van der Waals surface area (Å²) in [6.45, 7) is 3.31. The van der Waals surface area contributed by atoms with Gasteiger partial charge in [0.1, 0.15) is 5.82 Å². The van der Waals surface area contributed by atoms with Crippen LogP contribution in [0.3, 0.4) is 0 Å². The van der Waals surface area contributed by atoms with Gasteiger partial charge >= 0.3 is 0 Å². The summed E-state index contributed by atoms with van der Waals surface area (Å²) in [5, 5.41) is 1.17. The Morgan fingerprint density at radius 1 is 0.933 bits per heavy atom. The zero-order chi connectivity index (χ0) is 19.1. The normalized spacial score (nSPS) is 28.4. The van der Waals surface area contributed by atoms with Crippen molar-refractivity contribution in [2.75, 3.05) is 31.1 Å². The van der Waals surface area contributed by atoms with Crippen molar-refractivity contribution in [3.8, 4) is 0 Å². The van der Waals surface area contributed by atoms with Crippen LogP contribution in [-0.4, -0.2) is 48.0 Å². The smallest absolute Gasteiger partial charge is 0.225 e. The van der Waals surface area contributed by atoms with Gasteiger partial charge in [-0.1, -0.05) is 24.6 Å². The number of aromatic nitrogens is 1. The zero-order valence-electron chi connectivity index (χ0n) is 17.3. The van der Waals surface area contributed by atoms with Crippen LogP contribution in [-0.2, 0) is 4.79 Å². The van der Waals surface area contributed by atoms with E-state index in [0.717, 1.165) is 50.4 Å². The number of nitrogens with two attached hydrogens (primary N) is 1. The lowest BCUT2D eigenvalue weighted by atomic mass is 9.65. The van der Waals surface area contributed by atoms with E-state index in [1.807, 2.05) is 12.1 Å². The molecule has 3 aliphatic rings. The lowest BCUT2D eigenvalue weighted by molar-refractivity contribution is -0.138. The summed E-state index contributed by atoms with van der Waals surface area (Å²) in [6, 6.07) is 12.8. The molecule has 5 nitrogen and oxygen atoms in total. The van der Waals surface area contributed by atoms with Crippen LogP contribution in [0.4, 0.5) is 5.82 Å². The molecule has 3 fully saturated rings. The van der Waals surface area contributed by atoms with Crippen LogP contribution in [0.25, 0.3) is 10.9 Å². The molecule has 30 heavy (non-hydrogen) atoms. The molecule has 1 aromatic carbocycles. The number of para-hydroxylation sites is 1. The molecule has 7 heteroatoms. The average Bonchev–Trinajstić information content (AvgIpc) is 2.73. The van der Waals surface area contributed by atoms with Crippen LogP contribution in [0.2, 0.25) is 0 Å². The molecule has 0 spiro atoms. The minimum Gasteiger partial charge on any atom is -0.353 e. The summed E-state index contributed by atoms with van der Waals surface area (Å²) in [4.78, 5) is 22.4. The number of halogens is 2. The van der Waals surface area contributed by atoms with E-state index in [1.54, 1.807) is 0 Å². The third-order valence-corrected chi connectivity index (χ3v) is 7.26. The number of hydrogen-bond acceptors (Lipinski definition) is 4. The van der Waals surface area contributed by atoms with Gasteiger partial charge in [-0.25, -0.2) is 4.98 Å². The Morgan fingerprint density at radius 2 is 1.60 bits per heavy atom. The molecule has 2 heterocycles. The number of carbonyl (C=O) groups is 1. The second-order valence-electron chi connectivity index (χ2n) is 8.87. The number of benzene rings is 1. The topological polar surface area (TPSA) is 62.5 Å². The van der Waals surface area contributed by atoms with Crippen molar-refractivity contribution < 1.29 is 4.79 Å². The van der Waals surface area contributed by atoms with Crippen LogP contribution in [0, 0.1) is 17.8 Å². The highest BCUT2D eigenvalue weighted by atomic mass is 35.5. The first kappa shape index (κ1) is 23.1. The van der Waals surface area contributed by atoms with E-state index in [0.29, 0.717) is 23.8 Å². The summed E-state index contributed by atoms with van der Waals surface area (Å²) in [7, 11) is 0. The summed E-state index contributed by atoms with van der Waals surface area (Å²) in [5.41, 5.74) is 7.44. The maximum atomic E-state index is 13.2. The standard InChI is InChI=1S/C23H30N4O.2ClH/c24-22-17-5-3-6-18(22)15-19(14-17)23(28)27-12-10-26(11-13-27)21-9-8-16-4-1-2-7-20(16)25-21;;/h1-2,4,7-9,17-19,22H,3,5-6,10-15,24H2;2*1H. The number of nitrogens with zero attached hydrogens (tertiary/aromatic N) is 3. The summed E-state index contributed by atoms with van der Waals surface area (Å²) in [5.74, 6) is 2.70. The molecule has 1 aliphatic heterocycles. The maximum Gasteiger partial charge on any atom is 0.225 e. The van der Waals surface area contributed by atoms with E-state index in [9.17, 15) is 4.79 Å². The molecule has 1 amide bonds. The van der Waals surface area contributed by atoms with Crippen molar-refractivity contribution in [3.05, 3.63) is 36.4 Å². The molecule has 2 bridgehead atoms. The fourth-order valence-electron chi connectivity index (χ4n) is 5.64. The zero-order valence-corrected chi connectivity index (χ0v) is 18.9. The van der Waals surface area contributed by atoms with Gasteiger partial charge in [-0.15, -0.1) is 24.8 Å². The first-order valence-electron chi connectivity index (χ1n) is 10.8. The highest BCUT2D eigenvalue weighted by molar-refractivity contribution is 5.85. The minimum absolute atomic E-state index is 0. The molecular formula is C23H32Cl2N4O. The second kappa shape index (κ2) is 9.71. The Bertz CT molecular complexity index is 857. The summed E-state index contributed by atoms with van der Waals surface area (Å²) in [6.07, 6.45) is 5.72. The number of piperazine rings is 1. The van der Waals surface area contributed by atoms with Gasteiger partial charge < -0.3 is 15.5 Å². The first-order valence-corrected chi connectivity index (χ1v) is 10.8. The Morgan fingerprint density at radius 3 is 2.30 bits per heavy atom. The Labute approximate surface area is 191 Å². The van der Waals surface area contributed by atoms with Crippen molar-refractivity contribution in [1.82, 2.24) is 9.88 Å². The van der Waals surface area contributed by atoms with E-state index in [4.69, 9.17) is 10.7 Å². The first-order chi connectivity index (χ1) is 13.7. The Balaban J connectivity index is 0.00000128. The average molecular weight is 451 g/mol.